The average molecular weight is 297 g/mol. The zero-order valence-electron chi connectivity index (χ0n) is 9.81. The summed E-state index contributed by atoms with van der Waals surface area (Å²) in [5.74, 6) is 0. The normalized spacial score (nSPS) is 12.4. The molecule has 96 valence electrons. The maximum Gasteiger partial charge on any atom is 0.281 e. The van der Waals surface area contributed by atoms with Gasteiger partial charge in [-0.15, -0.1) is 0 Å². The number of hydrogen-bond donors (Lipinski definition) is 0. The van der Waals surface area contributed by atoms with Crippen molar-refractivity contribution >= 4 is 33.4 Å². The maximum atomic E-state index is 11.8. The summed E-state index contributed by atoms with van der Waals surface area (Å²) < 4.78 is 26.0. The lowest BCUT2D eigenvalue weighted by atomic mass is 10.2. The first-order chi connectivity index (χ1) is 7.75. The molecule has 0 atom stereocenters. The summed E-state index contributed by atoms with van der Waals surface area (Å²) in [6, 6.07) is 5.05. The van der Waals surface area contributed by atoms with Crippen LogP contribution in [-0.4, -0.2) is 38.2 Å². The molecule has 4 nitrogen and oxygen atoms in total. The zero-order chi connectivity index (χ0) is 13.2. The van der Waals surface area contributed by atoms with Gasteiger partial charge in [0.05, 0.1) is 10.0 Å². The van der Waals surface area contributed by atoms with Gasteiger partial charge in [0.25, 0.3) is 10.2 Å². The second-order valence-corrected chi connectivity index (χ2v) is 6.86. The Labute approximate surface area is 112 Å². The minimum atomic E-state index is -3.41. The Morgan fingerprint density at radius 1 is 1.12 bits per heavy atom. The summed E-state index contributed by atoms with van der Waals surface area (Å²) in [6.07, 6.45) is 0. The van der Waals surface area contributed by atoms with E-state index in [1.54, 1.807) is 18.2 Å². The maximum absolute atomic E-state index is 11.8. The smallest absolute Gasteiger partial charge is 0.195 e. The fraction of sp³-hybridized carbons (Fsp3) is 0.400. The molecule has 1 aromatic rings. The molecule has 0 bridgehead atoms. The van der Waals surface area contributed by atoms with Crippen LogP contribution in [0.4, 0.5) is 0 Å². The van der Waals surface area contributed by atoms with Crippen LogP contribution >= 0.6 is 23.2 Å². The third kappa shape index (κ3) is 3.56. The Balaban J connectivity index is 2.89. The summed E-state index contributed by atoms with van der Waals surface area (Å²) >= 11 is 11.6. The van der Waals surface area contributed by atoms with Gasteiger partial charge in [0, 0.05) is 27.7 Å². The van der Waals surface area contributed by atoms with E-state index in [2.05, 4.69) is 0 Å². The first-order valence-corrected chi connectivity index (χ1v) is 6.98. The van der Waals surface area contributed by atoms with E-state index in [9.17, 15) is 8.42 Å². The Bertz CT molecular complexity index is 503. The molecule has 0 aromatic heterocycles. The van der Waals surface area contributed by atoms with E-state index in [-0.39, 0.29) is 6.54 Å². The molecule has 1 aromatic carbocycles. The van der Waals surface area contributed by atoms with E-state index in [0.717, 1.165) is 9.87 Å². The number of nitrogens with zero attached hydrogens (tertiary/aromatic N) is 2. The Hall–Kier alpha value is -0.330. The van der Waals surface area contributed by atoms with Crippen LogP contribution in [0.2, 0.25) is 10.0 Å². The molecule has 0 aliphatic heterocycles. The standard InChI is InChI=1S/C10H14Cl2N2O2S/c1-13(2)17(15,16)14(3)7-8-4-5-9(11)10(12)6-8/h4-6H,7H2,1-3H3. The van der Waals surface area contributed by atoms with Gasteiger partial charge in [-0.3, -0.25) is 0 Å². The molecule has 0 amide bonds. The lowest BCUT2D eigenvalue weighted by molar-refractivity contribution is 0.414. The molecule has 1 rings (SSSR count). The highest BCUT2D eigenvalue weighted by Crippen LogP contribution is 2.23. The average Bonchev–Trinajstić information content (AvgIpc) is 2.23. The van der Waals surface area contributed by atoms with Gasteiger partial charge in [0.15, 0.2) is 0 Å². The van der Waals surface area contributed by atoms with Gasteiger partial charge >= 0.3 is 0 Å². The van der Waals surface area contributed by atoms with Gasteiger partial charge in [0.1, 0.15) is 0 Å². The predicted octanol–water partition coefficient (Wildman–Crippen LogP) is 2.23. The van der Waals surface area contributed by atoms with Gasteiger partial charge in [-0.05, 0) is 17.7 Å². The van der Waals surface area contributed by atoms with Crippen LogP contribution in [0.3, 0.4) is 0 Å². The molecule has 0 aliphatic carbocycles. The van der Waals surface area contributed by atoms with Crippen LogP contribution < -0.4 is 0 Å². The summed E-state index contributed by atoms with van der Waals surface area (Å²) in [5, 5.41) is 0.869. The van der Waals surface area contributed by atoms with E-state index in [1.165, 1.54) is 25.4 Å². The lowest BCUT2D eigenvalue weighted by Crippen LogP contribution is -2.36. The molecule has 0 N–H and O–H groups in total. The van der Waals surface area contributed by atoms with Crippen LogP contribution in [0.25, 0.3) is 0 Å². The zero-order valence-corrected chi connectivity index (χ0v) is 12.1. The molecule has 0 spiro atoms. The number of halogens is 2. The van der Waals surface area contributed by atoms with E-state index in [0.29, 0.717) is 10.0 Å². The number of hydrogen-bond acceptors (Lipinski definition) is 2. The van der Waals surface area contributed by atoms with Crippen LogP contribution in [0, 0.1) is 0 Å². The summed E-state index contributed by atoms with van der Waals surface area (Å²) in [6.45, 7) is 0.247. The number of rotatable bonds is 4. The molecule has 0 fully saturated rings. The van der Waals surface area contributed by atoms with Crippen molar-refractivity contribution in [2.24, 2.45) is 0 Å². The van der Waals surface area contributed by atoms with Gasteiger partial charge in [-0.25, -0.2) is 0 Å². The predicted molar refractivity (Wildman–Crippen MR) is 70.5 cm³/mol. The summed E-state index contributed by atoms with van der Waals surface area (Å²) in [4.78, 5) is 0. The topological polar surface area (TPSA) is 40.6 Å². The monoisotopic (exact) mass is 296 g/mol. The lowest BCUT2D eigenvalue weighted by Gasteiger charge is -2.21. The molecule has 0 saturated heterocycles. The van der Waals surface area contributed by atoms with Crippen molar-refractivity contribution in [1.82, 2.24) is 8.61 Å². The molecular formula is C10H14Cl2N2O2S. The number of benzene rings is 1. The molecule has 7 heteroatoms. The van der Waals surface area contributed by atoms with Crippen molar-refractivity contribution in [2.75, 3.05) is 21.1 Å². The first kappa shape index (κ1) is 14.7. The highest BCUT2D eigenvalue weighted by atomic mass is 35.5. The van der Waals surface area contributed by atoms with Crippen molar-refractivity contribution in [2.45, 2.75) is 6.54 Å². The van der Waals surface area contributed by atoms with Crippen LogP contribution in [0.1, 0.15) is 5.56 Å². The largest absolute Gasteiger partial charge is 0.281 e. The van der Waals surface area contributed by atoms with Crippen LogP contribution in [0.5, 0.6) is 0 Å². The van der Waals surface area contributed by atoms with Crippen molar-refractivity contribution in [3.63, 3.8) is 0 Å². The molecular weight excluding hydrogens is 283 g/mol. The van der Waals surface area contributed by atoms with E-state index >= 15 is 0 Å². The van der Waals surface area contributed by atoms with Crippen molar-refractivity contribution in [3.8, 4) is 0 Å². The molecule has 0 heterocycles. The van der Waals surface area contributed by atoms with Gasteiger partial charge < -0.3 is 0 Å². The van der Waals surface area contributed by atoms with Crippen molar-refractivity contribution in [1.29, 1.82) is 0 Å². The fourth-order valence-electron chi connectivity index (χ4n) is 1.26. The highest BCUT2D eigenvalue weighted by molar-refractivity contribution is 7.86. The highest BCUT2D eigenvalue weighted by Gasteiger charge is 2.20. The molecule has 0 saturated carbocycles. The van der Waals surface area contributed by atoms with E-state index in [4.69, 9.17) is 23.2 Å². The second kappa shape index (κ2) is 5.54. The van der Waals surface area contributed by atoms with Crippen LogP contribution in [-0.2, 0) is 16.8 Å². The fourth-order valence-corrected chi connectivity index (χ4v) is 2.45. The molecule has 17 heavy (non-hydrogen) atoms. The van der Waals surface area contributed by atoms with E-state index < -0.39 is 10.2 Å². The van der Waals surface area contributed by atoms with Gasteiger partial charge in [-0.1, -0.05) is 29.3 Å². The van der Waals surface area contributed by atoms with E-state index in [1.807, 2.05) is 0 Å². The third-order valence-electron chi connectivity index (χ3n) is 2.24. The van der Waals surface area contributed by atoms with Crippen LogP contribution in [0.15, 0.2) is 18.2 Å². The SMILES string of the molecule is CN(C)S(=O)(=O)N(C)Cc1ccc(Cl)c(Cl)c1. The quantitative estimate of drug-likeness (QED) is 0.855. The minimum Gasteiger partial charge on any atom is -0.195 e. The minimum absolute atomic E-state index is 0.247. The Morgan fingerprint density at radius 3 is 2.18 bits per heavy atom. The van der Waals surface area contributed by atoms with Gasteiger partial charge in [0.2, 0.25) is 0 Å². The van der Waals surface area contributed by atoms with Crippen molar-refractivity contribution in [3.05, 3.63) is 33.8 Å². The van der Waals surface area contributed by atoms with Gasteiger partial charge in [-0.2, -0.15) is 17.0 Å². The summed E-state index contributed by atoms with van der Waals surface area (Å²) in [5.41, 5.74) is 0.785. The Morgan fingerprint density at radius 2 is 1.71 bits per heavy atom. The molecule has 0 radical (unpaired) electrons. The molecule has 0 unspecified atom stereocenters. The molecule has 0 aliphatic rings. The summed E-state index contributed by atoms with van der Waals surface area (Å²) in [7, 11) is 1.08. The third-order valence-corrected chi connectivity index (χ3v) is 4.82. The second-order valence-electron chi connectivity index (χ2n) is 3.79. The Kier molecular flexibility index (Phi) is 4.80. The first-order valence-electron chi connectivity index (χ1n) is 4.83. The van der Waals surface area contributed by atoms with Crippen molar-refractivity contribution < 1.29 is 8.42 Å².